The third-order valence-corrected chi connectivity index (χ3v) is 4.11. The number of para-hydroxylation sites is 1. The molecule has 18 heavy (non-hydrogen) atoms. The number of anilines is 1. The van der Waals surface area contributed by atoms with Crippen molar-refractivity contribution in [1.29, 1.82) is 0 Å². The monoisotopic (exact) mass is 239 g/mol. The summed E-state index contributed by atoms with van der Waals surface area (Å²) in [6.07, 6.45) is 6.01. The van der Waals surface area contributed by atoms with Gasteiger partial charge in [-0.05, 0) is 36.1 Å². The van der Waals surface area contributed by atoms with Crippen LogP contribution in [0.25, 0.3) is 0 Å². The van der Waals surface area contributed by atoms with E-state index in [9.17, 15) is 4.79 Å². The van der Waals surface area contributed by atoms with Gasteiger partial charge in [-0.1, -0.05) is 24.3 Å². The van der Waals surface area contributed by atoms with E-state index in [2.05, 4.69) is 11.4 Å². The molecule has 0 radical (unpaired) electrons. The molecule has 0 bridgehead atoms. The van der Waals surface area contributed by atoms with Crippen LogP contribution in [0.4, 0.5) is 5.69 Å². The molecule has 1 aromatic rings. The molecule has 1 unspecified atom stereocenters. The van der Waals surface area contributed by atoms with Crippen LogP contribution in [0.5, 0.6) is 0 Å². The molecule has 1 atom stereocenters. The highest BCUT2D eigenvalue weighted by molar-refractivity contribution is 6.09. The summed E-state index contributed by atoms with van der Waals surface area (Å²) in [6.45, 7) is 0.435. The molecule has 2 aliphatic heterocycles. The quantitative estimate of drug-likeness (QED) is 0.755. The van der Waals surface area contributed by atoms with Crippen molar-refractivity contribution in [3.63, 3.8) is 0 Å². The number of nitrogens with one attached hydrogen (secondary N) is 1. The molecule has 1 aliphatic carbocycles. The SMILES string of the molecule is O=C1Nc2ccccc2C12COC1=C2CCC=C1. The van der Waals surface area contributed by atoms with Gasteiger partial charge in [-0.3, -0.25) is 4.79 Å². The molecule has 1 amide bonds. The van der Waals surface area contributed by atoms with Crippen LogP contribution in [0.2, 0.25) is 0 Å². The largest absolute Gasteiger partial charge is 0.492 e. The van der Waals surface area contributed by atoms with Gasteiger partial charge in [0.05, 0.1) is 0 Å². The maximum Gasteiger partial charge on any atom is 0.242 e. The molecule has 1 N–H and O–H groups in total. The summed E-state index contributed by atoms with van der Waals surface area (Å²) in [6, 6.07) is 7.92. The van der Waals surface area contributed by atoms with Crippen molar-refractivity contribution in [2.75, 3.05) is 11.9 Å². The Labute approximate surface area is 105 Å². The molecule has 0 fully saturated rings. The van der Waals surface area contributed by atoms with E-state index in [1.165, 1.54) is 0 Å². The third-order valence-electron chi connectivity index (χ3n) is 4.11. The second-order valence-corrected chi connectivity index (χ2v) is 4.98. The van der Waals surface area contributed by atoms with Gasteiger partial charge in [-0.25, -0.2) is 0 Å². The molecule has 0 aromatic heterocycles. The number of ether oxygens (including phenoxy) is 1. The van der Waals surface area contributed by atoms with Crippen molar-refractivity contribution < 1.29 is 9.53 Å². The Balaban J connectivity index is 1.97. The highest BCUT2D eigenvalue weighted by Gasteiger charge is 2.54. The van der Waals surface area contributed by atoms with E-state index < -0.39 is 5.41 Å². The Morgan fingerprint density at radius 1 is 1.28 bits per heavy atom. The van der Waals surface area contributed by atoms with Crippen molar-refractivity contribution in [3.05, 3.63) is 53.3 Å². The van der Waals surface area contributed by atoms with E-state index in [0.717, 1.165) is 35.4 Å². The van der Waals surface area contributed by atoms with E-state index in [1.54, 1.807) is 0 Å². The highest BCUT2D eigenvalue weighted by atomic mass is 16.5. The first-order chi connectivity index (χ1) is 8.82. The number of fused-ring (bicyclic) bond motifs is 3. The molecular formula is C15H13NO2. The minimum absolute atomic E-state index is 0.0593. The van der Waals surface area contributed by atoms with E-state index >= 15 is 0 Å². The van der Waals surface area contributed by atoms with Gasteiger partial charge in [0.25, 0.3) is 0 Å². The lowest BCUT2D eigenvalue weighted by atomic mass is 9.74. The summed E-state index contributed by atoms with van der Waals surface area (Å²) in [5, 5.41) is 2.99. The first-order valence-corrected chi connectivity index (χ1v) is 6.26. The normalized spacial score (nSPS) is 28.1. The van der Waals surface area contributed by atoms with Crippen molar-refractivity contribution in [2.24, 2.45) is 0 Å². The first-order valence-electron chi connectivity index (χ1n) is 6.26. The molecule has 3 nitrogen and oxygen atoms in total. The van der Waals surface area contributed by atoms with Gasteiger partial charge >= 0.3 is 0 Å². The van der Waals surface area contributed by atoms with E-state index in [-0.39, 0.29) is 5.91 Å². The molecule has 0 saturated heterocycles. The van der Waals surface area contributed by atoms with Gasteiger partial charge in [-0.2, -0.15) is 0 Å². The lowest BCUT2D eigenvalue weighted by Crippen LogP contribution is -2.37. The predicted molar refractivity (Wildman–Crippen MR) is 68.1 cm³/mol. The minimum atomic E-state index is -0.573. The van der Waals surface area contributed by atoms with Crippen LogP contribution < -0.4 is 5.32 Å². The van der Waals surface area contributed by atoms with Crippen LogP contribution in [-0.2, 0) is 14.9 Å². The zero-order valence-electron chi connectivity index (χ0n) is 9.90. The maximum absolute atomic E-state index is 12.5. The Kier molecular flexibility index (Phi) is 1.80. The molecular weight excluding hydrogens is 226 g/mol. The maximum atomic E-state index is 12.5. The van der Waals surface area contributed by atoms with E-state index in [0.29, 0.717) is 6.61 Å². The predicted octanol–water partition coefficient (Wildman–Crippen LogP) is 2.51. The molecule has 1 aromatic carbocycles. The van der Waals surface area contributed by atoms with Crippen LogP contribution in [0.1, 0.15) is 18.4 Å². The first kappa shape index (κ1) is 9.95. The average Bonchev–Trinajstić information content (AvgIpc) is 2.92. The fourth-order valence-electron chi connectivity index (χ4n) is 3.23. The molecule has 3 aliphatic rings. The van der Waals surface area contributed by atoms with Gasteiger partial charge in [0.1, 0.15) is 17.8 Å². The van der Waals surface area contributed by atoms with Crippen LogP contribution >= 0.6 is 0 Å². The zero-order chi connectivity index (χ0) is 12.2. The number of allylic oxidation sites excluding steroid dienone is 2. The minimum Gasteiger partial charge on any atom is -0.492 e. The highest BCUT2D eigenvalue weighted by Crippen LogP contribution is 2.50. The summed E-state index contributed by atoms with van der Waals surface area (Å²) in [5.74, 6) is 0.956. The van der Waals surface area contributed by atoms with Crippen LogP contribution in [0.15, 0.2) is 47.7 Å². The van der Waals surface area contributed by atoms with Gasteiger partial charge in [-0.15, -0.1) is 0 Å². The number of benzene rings is 1. The smallest absolute Gasteiger partial charge is 0.242 e. The van der Waals surface area contributed by atoms with Gasteiger partial charge in [0, 0.05) is 5.69 Å². The fourth-order valence-corrected chi connectivity index (χ4v) is 3.23. The topological polar surface area (TPSA) is 38.3 Å². The molecule has 0 saturated carbocycles. The number of hydrogen-bond donors (Lipinski definition) is 1. The van der Waals surface area contributed by atoms with E-state index in [1.807, 2.05) is 30.3 Å². The summed E-state index contributed by atoms with van der Waals surface area (Å²) < 4.78 is 5.75. The average molecular weight is 239 g/mol. The van der Waals surface area contributed by atoms with Gasteiger partial charge < -0.3 is 10.1 Å². The Bertz CT molecular complexity index is 615. The molecule has 4 rings (SSSR count). The standard InChI is InChI=1S/C15H13NO2/c17-14-15(10-5-1-3-7-12(10)16-14)9-18-13-8-4-2-6-11(13)15/h1,3-5,7-8H,2,6,9H2,(H,16,17). The van der Waals surface area contributed by atoms with Crippen molar-refractivity contribution in [1.82, 2.24) is 0 Å². The molecule has 3 heteroatoms. The number of amides is 1. The Morgan fingerprint density at radius 2 is 2.17 bits per heavy atom. The lowest BCUT2D eigenvalue weighted by molar-refractivity contribution is -0.120. The zero-order valence-corrected chi connectivity index (χ0v) is 9.90. The number of rotatable bonds is 0. The van der Waals surface area contributed by atoms with Crippen molar-refractivity contribution in [3.8, 4) is 0 Å². The fraction of sp³-hybridized carbons (Fsp3) is 0.267. The molecule has 2 heterocycles. The Hall–Kier alpha value is -2.03. The van der Waals surface area contributed by atoms with Crippen LogP contribution in [0.3, 0.4) is 0 Å². The van der Waals surface area contributed by atoms with Crippen molar-refractivity contribution in [2.45, 2.75) is 18.3 Å². The molecule has 90 valence electrons. The van der Waals surface area contributed by atoms with Gasteiger partial charge in [0.15, 0.2) is 0 Å². The number of carbonyl (C=O) groups excluding carboxylic acids is 1. The second-order valence-electron chi connectivity index (χ2n) is 4.98. The summed E-state index contributed by atoms with van der Waals surface area (Å²) in [5.41, 5.74) is 2.56. The second kappa shape index (κ2) is 3.25. The summed E-state index contributed by atoms with van der Waals surface area (Å²) in [4.78, 5) is 12.5. The van der Waals surface area contributed by atoms with Crippen LogP contribution in [-0.4, -0.2) is 12.5 Å². The Morgan fingerprint density at radius 3 is 3.11 bits per heavy atom. The number of carbonyl (C=O) groups is 1. The summed E-state index contributed by atoms with van der Waals surface area (Å²) >= 11 is 0. The lowest BCUT2D eigenvalue weighted by Gasteiger charge is -2.23. The van der Waals surface area contributed by atoms with E-state index in [4.69, 9.17) is 4.74 Å². The number of hydrogen-bond acceptors (Lipinski definition) is 2. The third kappa shape index (κ3) is 1.02. The van der Waals surface area contributed by atoms with Crippen molar-refractivity contribution >= 4 is 11.6 Å². The van der Waals surface area contributed by atoms with Crippen LogP contribution in [0, 0.1) is 0 Å². The van der Waals surface area contributed by atoms with Gasteiger partial charge in [0.2, 0.25) is 5.91 Å². The summed E-state index contributed by atoms with van der Waals surface area (Å²) in [7, 11) is 0. The molecule has 1 spiro atoms.